The first kappa shape index (κ1) is 11.4. The molecule has 0 aliphatic carbocycles. The van der Waals surface area contributed by atoms with Crippen LogP contribution in [0.15, 0.2) is 16.6 Å². The molecule has 0 spiro atoms. The molecule has 0 aromatic carbocycles. The van der Waals surface area contributed by atoms with Crippen LogP contribution in [0.1, 0.15) is 11.4 Å². The highest BCUT2D eigenvalue weighted by molar-refractivity contribution is 8.01. The molecule has 2 heterocycles. The Balaban J connectivity index is 1.69. The summed E-state index contributed by atoms with van der Waals surface area (Å²) in [7, 11) is 0. The van der Waals surface area contributed by atoms with Crippen molar-refractivity contribution >= 4 is 28.9 Å². The largest absolute Gasteiger partial charge is 0.382 e. The predicted octanol–water partition coefficient (Wildman–Crippen LogP) is 1.81. The summed E-state index contributed by atoms with van der Waals surface area (Å²) in [5, 5.41) is 13.2. The molecular formula is C9H13N5S2. The van der Waals surface area contributed by atoms with E-state index in [1.165, 1.54) is 0 Å². The maximum Gasteiger partial charge on any atom is 0.174 e. The molecule has 0 fully saturated rings. The van der Waals surface area contributed by atoms with Crippen molar-refractivity contribution in [1.82, 2.24) is 20.0 Å². The van der Waals surface area contributed by atoms with Gasteiger partial charge in [-0.3, -0.25) is 4.68 Å². The van der Waals surface area contributed by atoms with Gasteiger partial charge in [0.1, 0.15) is 10.8 Å². The minimum Gasteiger partial charge on any atom is -0.382 e. The molecule has 0 amide bonds. The molecule has 16 heavy (non-hydrogen) atoms. The van der Waals surface area contributed by atoms with E-state index in [9.17, 15) is 0 Å². The van der Waals surface area contributed by atoms with Crippen molar-refractivity contribution in [2.75, 3.05) is 11.5 Å². The first-order chi connectivity index (χ1) is 7.74. The molecule has 0 aliphatic rings. The Morgan fingerprint density at radius 3 is 3.00 bits per heavy atom. The summed E-state index contributed by atoms with van der Waals surface area (Å²) in [5.74, 6) is 1.60. The quantitative estimate of drug-likeness (QED) is 0.652. The van der Waals surface area contributed by atoms with Crippen LogP contribution in [0, 0.1) is 6.92 Å². The first-order valence-electron chi connectivity index (χ1n) is 4.96. The Labute approximate surface area is 102 Å². The van der Waals surface area contributed by atoms with Crippen LogP contribution in [0.5, 0.6) is 0 Å². The molecular weight excluding hydrogens is 242 g/mol. The summed E-state index contributed by atoms with van der Waals surface area (Å²) in [5.41, 5.74) is 5.52. The van der Waals surface area contributed by atoms with Crippen LogP contribution in [0.3, 0.4) is 0 Å². The lowest BCUT2D eigenvalue weighted by Gasteiger charge is -1.99. The van der Waals surface area contributed by atoms with Crippen molar-refractivity contribution < 1.29 is 0 Å². The van der Waals surface area contributed by atoms with Crippen LogP contribution in [0.25, 0.3) is 0 Å². The first-order valence-corrected chi connectivity index (χ1v) is 6.76. The number of anilines is 1. The van der Waals surface area contributed by atoms with Crippen molar-refractivity contribution in [3.63, 3.8) is 0 Å². The van der Waals surface area contributed by atoms with E-state index in [-0.39, 0.29) is 0 Å². The fourth-order valence-corrected chi connectivity index (χ4v) is 3.03. The van der Waals surface area contributed by atoms with Crippen LogP contribution in [-0.2, 0) is 6.54 Å². The third-order valence-corrected chi connectivity index (χ3v) is 3.98. The lowest BCUT2D eigenvalue weighted by Crippen LogP contribution is -2.00. The smallest absolute Gasteiger partial charge is 0.174 e. The molecule has 0 radical (unpaired) electrons. The van der Waals surface area contributed by atoms with Gasteiger partial charge in [-0.1, -0.05) is 23.1 Å². The van der Waals surface area contributed by atoms with Crippen molar-refractivity contribution in [1.29, 1.82) is 0 Å². The SMILES string of the molecule is Cc1nnc(SCCCn2ccc(N)n2)s1. The number of nitrogens with zero attached hydrogens (tertiary/aromatic N) is 4. The third kappa shape index (κ3) is 3.21. The average Bonchev–Trinajstić information content (AvgIpc) is 2.83. The van der Waals surface area contributed by atoms with Crippen LogP contribution < -0.4 is 5.73 Å². The Bertz CT molecular complexity index is 408. The minimum atomic E-state index is 0.576. The lowest BCUT2D eigenvalue weighted by molar-refractivity contribution is 0.608. The minimum absolute atomic E-state index is 0.576. The molecule has 5 nitrogen and oxygen atoms in total. The molecule has 2 aromatic heterocycles. The maximum absolute atomic E-state index is 5.52. The van der Waals surface area contributed by atoms with Gasteiger partial charge in [0, 0.05) is 18.5 Å². The van der Waals surface area contributed by atoms with Crippen LogP contribution in [0.4, 0.5) is 5.82 Å². The summed E-state index contributed by atoms with van der Waals surface area (Å²) in [6.07, 6.45) is 2.94. The second-order valence-corrected chi connectivity index (χ2v) is 5.82. The lowest BCUT2D eigenvalue weighted by atomic mass is 10.5. The van der Waals surface area contributed by atoms with Crippen LogP contribution in [0.2, 0.25) is 0 Å². The number of hydrogen-bond acceptors (Lipinski definition) is 6. The zero-order chi connectivity index (χ0) is 11.4. The Kier molecular flexibility index (Phi) is 3.79. The zero-order valence-electron chi connectivity index (χ0n) is 8.96. The Morgan fingerprint density at radius 1 is 1.50 bits per heavy atom. The molecule has 2 aromatic rings. The van der Waals surface area contributed by atoms with E-state index in [1.54, 1.807) is 29.2 Å². The second kappa shape index (κ2) is 5.31. The summed E-state index contributed by atoms with van der Waals surface area (Å²) < 4.78 is 2.90. The maximum atomic E-state index is 5.52. The second-order valence-electron chi connectivity index (χ2n) is 3.29. The highest BCUT2D eigenvalue weighted by Gasteiger charge is 2.01. The summed E-state index contributed by atoms with van der Waals surface area (Å²) in [6, 6.07) is 1.81. The number of aryl methyl sites for hydroxylation is 2. The monoisotopic (exact) mass is 255 g/mol. The van der Waals surface area contributed by atoms with Crippen molar-refractivity contribution in [2.24, 2.45) is 0 Å². The molecule has 0 unspecified atom stereocenters. The molecule has 7 heteroatoms. The molecule has 0 saturated carbocycles. The van der Waals surface area contributed by atoms with Crippen LogP contribution >= 0.6 is 23.1 Å². The van der Waals surface area contributed by atoms with Gasteiger partial charge in [0.25, 0.3) is 0 Å². The number of hydrogen-bond donors (Lipinski definition) is 1. The summed E-state index contributed by atoms with van der Waals surface area (Å²) in [4.78, 5) is 0. The van der Waals surface area contributed by atoms with Crippen molar-refractivity contribution in [3.05, 3.63) is 17.3 Å². The van der Waals surface area contributed by atoms with E-state index < -0.39 is 0 Å². The summed E-state index contributed by atoms with van der Waals surface area (Å²) >= 11 is 3.38. The van der Waals surface area contributed by atoms with Gasteiger partial charge in [-0.25, -0.2) is 0 Å². The van der Waals surface area contributed by atoms with E-state index in [2.05, 4.69) is 15.3 Å². The van der Waals surface area contributed by atoms with Gasteiger partial charge >= 0.3 is 0 Å². The van der Waals surface area contributed by atoms with Gasteiger partial charge in [-0.2, -0.15) is 5.10 Å². The highest BCUT2D eigenvalue weighted by atomic mass is 32.2. The average molecular weight is 255 g/mol. The molecule has 0 bridgehead atoms. The number of nitrogen functional groups attached to an aromatic ring is 1. The van der Waals surface area contributed by atoms with Gasteiger partial charge in [0.2, 0.25) is 0 Å². The number of aromatic nitrogens is 4. The van der Waals surface area contributed by atoms with E-state index >= 15 is 0 Å². The fraction of sp³-hybridized carbons (Fsp3) is 0.444. The zero-order valence-corrected chi connectivity index (χ0v) is 10.6. The normalized spacial score (nSPS) is 10.8. The van der Waals surface area contributed by atoms with Gasteiger partial charge in [-0.05, 0) is 19.4 Å². The Morgan fingerprint density at radius 2 is 2.38 bits per heavy atom. The third-order valence-electron chi connectivity index (χ3n) is 1.93. The predicted molar refractivity (Wildman–Crippen MR) is 66.6 cm³/mol. The molecule has 0 atom stereocenters. The van der Waals surface area contributed by atoms with Crippen molar-refractivity contribution in [3.8, 4) is 0 Å². The topological polar surface area (TPSA) is 69.6 Å². The van der Waals surface area contributed by atoms with E-state index in [4.69, 9.17) is 5.73 Å². The molecule has 0 saturated heterocycles. The number of nitrogens with two attached hydrogens (primary N) is 1. The number of rotatable bonds is 5. The molecule has 2 N–H and O–H groups in total. The molecule has 2 rings (SSSR count). The highest BCUT2D eigenvalue weighted by Crippen LogP contribution is 2.22. The van der Waals surface area contributed by atoms with E-state index in [0.29, 0.717) is 5.82 Å². The van der Waals surface area contributed by atoms with Gasteiger partial charge in [0.05, 0.1) is 0 Å². The molecule has 0 aliphatic heterocycles. The van der Waals surface area contributed by atoms with Crippen LogP contribution in [-0.4, -0.2) is 25.7 Å². The molecule has 86 valence electrons. The van der Waals surface area contributed by atoms with Gasteiger partial charge in [0.15, 0.2) is 4.34 Å². The van der Waals surface area contributed by atoms with E-state index in [1.807, 2.05) is 17.8 Å². The van der Waals surface area contributed by atoms with Crippen molar-refractivity contribution in [2.45, 2.75) is 24.2 Å². The standard InChI is InChI=1S/C9H13N5S2/c1-7-11-12-9(16-7)15-6-2-4-14-5-3-8(10)13-14/h3,5H,2,4,6H2,1H3,(H2,10,13). The fourth-order valence-electron chi connectivity index (χ4n) is 1.22. The van der Waals surface area contributed by atoms with E-state index in [0.717, 1.165) is 28.1 Å². The van der Waals surface area contributed by atoms with Gasteiger partial charge in [-0.15, -0.1) is 10.2 Å². The van der Waals surface area contributed by atoms with Gasteiger partial charge < -0.3 is 5.73 Å². The summed E-state index contributed by atoms with van der Waals surface area (Å²) in [6.45, 7) is 2.86. The Hall–Kier alpha value is -1.08. The number of thioether (sulfide) groups is 1.